The predicted octanol–water partition coefficient (Wildman–Crippen LogP) is 4.36. The van der Waals surface area contributed by atoms with Gasteiger partial charge >= 0.3 is 0 Å². The van der Waals surface area contributed by atoms with Gasteiger partial charge in [-0.3, -0.25) is 0 Å². The minimum atomic E-state index is -2.27. The van der Waals surface area contributed by atoms with Gasteiger partial charge in [0.25, 0.3) is 0 Å². The molecule has 0 saturated carbocycles. The molecular weight excluding hydrogens is 182 g/mol. The predicted molar refractivity (Wildman–Crippen MR) is 57.5 cm³/mol. The van der Waals surface area contributed by atoms with Crippen molar-refractivity contribution in [1.82, 2.24) is 0 Å². The third-order valence-corrected chi connectivity index (χ3v) is 1.65. The Morgan fingerprint density at radius 3 is 2.29 bits per heavy atom. The van der Waals surface area contributed by atoms with Crippen LogP contribution >= 0.6 is 0 Å². The van der Waals surface area contributed by atoms with E-state index >= 15 is 0 Å². The van der Waals surface area contributed by atoms with E-state index < -0.39 is 6.43 Å². The molecule has 0 saturated heterocycles. The van der Waals surface area contributed by atoms with E-state index in [1.165, 1.54) is 0 Å². The molecule has 0 unspecified atom stereocenters. The van der Waals surface area contributed by atoms with Crippen LogP contribution in [0.5, 0.6) is 0 Å². The minimum absolute atomic E-state index is 0.163. The molecule has 0 aliphatic rings. The van der Waals surface area contributed by atoms with Gasteiger partial charge in [0.05, 0.1) is 0 Å². The second-order valence-corrected chi connectivity index (χ2v) is 3.70. The van der Waals surface area contributed by atoms with Crippen LogP contribution in [0.25, 0.3) is 0 Å². The molecule has 0 aliphatic carbocycles. The fourth-order valence-corrected chi connectivity index (χ4v) is 1.15. The maximum atomic E-state index is 12.0. The molecule has 0 atom stereocenters. The lowest BCUT2D eigenvalue weighted by molar-refractivity contribution is 0.149. The van der Waals surface area contributed by atoms with E-state index in [4.69, 9.17) is 0 Å². The minimum Gasteiger partial charge on any atom is -0.210 e. The van der Waals surface area contributed by atoms with Crippen molar-refractivity contribution in [2.45, 2.75) is 33.6 Å². The van der Waals surface area contributed by atoms with E-state index in [9.17, 15) is 8.78 Å². The summed E-state index contributed by atoms with van der Waals surface area (Å²) in [7, 11) is 0. The van der Waals surface area contributed by atoms with E-state index in [2.05, 4.69) is 6.58 Å². The van der Waals surface area contributed by atoms with Crippen LogP contribution in [0, 0.1) is 5.92 Å². The van der Waals surface area contributed by atoms with Gasteiger partial charge in [-0.05, 0) is 18.4 Å². The highest BCUT2D eigenvalue weighted by Crippen LogP contribution is 2.13. The molecule has 0 bridgehead atoms. The van der Waals surface area contributed by atoms with Gasteiger partial charge in [0.15, 0.2) is 0 Å². The van der Waals surface area contributed by atoms with Gasteiger partial charge in [-0.2, -0.15) is 0 Å². The quantitative estimate of drug-likeness (QED) is 0.578. The van der Waals surface area contributed by atoms with Crippen LogP contribution in [0.4, 0.5) is 8.78 Å². The molecule has 0 aromatic rings. The lowest BCUT2D eigenvalue weighted by atomic mass is 10.1. The van der Waals surface area contributed by atoms with E-state index in [0.717, 1.165) is 5.57 Å². The van der Waals surface area contributed by atoms with Gasteiger partial charge in [-0.25, -0.2) is 8.78 Å². The van der Waals surface area contributed by atoms with Crippen molar-refractivity contribution >= 4 is 0 Å². The maximum Gasteiger partial charge on any atom is 0.242 e. The summed E-state index contributed by atoms with van der Waals surface area (Å²) in [5, 5.41) is 0. The Bertz CT molecular complexity index is 235. The third kappa shape index (κ3) is 6.58. The molecule has 0 amide bonds. The highest BCUT2D eigenvalue weighted by molar-refractivity contribution is 5.32. The monoisotopic (exact) mass is 200 g/mol. The van der Waals surface area contributed by atoms with Crippen molar-refractivity contribution < 1.29 is 8.78 Å². The lowest BCUT2D eigenvalue weighted by Crippen LogP contribution is -1.91. The fourth-order valence-electron chi connectivity index (χ4n) is 1.15. The van der Waals surface area contributed by atoms with Crippen LogP contribution in [0.1, 0.15) is 27.2 Å². The van der Waals surface area contributed by atoms with Crippen LogP contribution in [0.2, 0.25) is 0 Å². The summed E-state index contributed by atoms with van der Waals surface area (Å²) < 4.78 is 24.0. The Balaban J connectivity index is 4.50. The van der Waals surface area contributed by atoms with Crippen LogP contribution in [-0.4, -0.2) is 6.43 Å². The summed E-state index contributed by atoms with van der Waals surface area (Å²) in [4.78, 5) is 0. The summed E-state index contributed by atoms with van der Waals surface area (Å²) in [6, 6.07) is 0. The second kappa shape index (κ2) is 6.52. The molecule has 0 heterocycles. The molecular formula is C12H18F2. The first-order valence-corrected chi connectivity index (χ1v) is 4.75. The molecule has 0 rings (SSSR count). The van der Waals surface area contributed by atoms with Gasteiger partial charge in [-0.1, -0.05) is 44.2 Å². The molecule has 2 heteroatoms. The molecule has 0 spiro atoms. The zero-order valence-corrected chi connectivity index (χ0v) is 9.06. The van der Waals surface area contributed by atoms with Crippen LogP contribution < -0.4 is 0 Å². The average molecular weight is 200 g/mol. The first kappa shape index (κ1) is 13.1. The van der Waals surface area contributed by atoms with Crippen molar-refractivity contribution in [2.24, 2.45) is 5.92 Å². The number of alkyl halides is 2. The molecule has 0 aromatic heterocycles. The van der Waals surface area contributed by atoms with Crippen LogP contribution in [0.15, 0.2) is 36.0 Å². The Hall–Kier alpha value is -0.920. The Kier molecular flexibility index (Phi) is 6.09. The highest BCUT2D eigenvalue weighted by Gasteiger charge is 2.03. The van der Waals surface area contributed by atoms with E-state index in [0.29, 0.717) is 11.5 Å². The van der Waals surface area contributed by atoms with Crippen molar-refractivity contribution in [3.63, 3.8) is 0 Å². The molecule has 14 heavy (non-hydrogen) atoms. The normalized spacial score (nSPS) is 13.9. The summed E-state index contributed by atoms with van der Waals surface area (Å²) in [6.45, 7) is 9.44. The van der Waals surface area contributed by atoms with E-state index in [1.807, 2.05) is 19.9 Å². The molecule has 0 radical (unpaired) electrons. The summed E-state index contributed by atoms with van der Waals surface area (Å²) >= 11 is 0. The van der Waals surface area contributed by atoms with Gasteiger partial charge in [0.1, 0.15) is 0 Å². The van der Waals surface area contributed by atoms with Gasteiger partial charge < -0.3 is 0 Å². The molecule has 0 aromatic carbocycles. The second-order valence-electron chi connectivity index (χ2n) is 3.70. The molecule has 80 valence electrons. The molecule has 0 N–H and O–H groups in total. The van der Waals surface area contributed by atoms with Gasteiger partial charge in [0.2, 0.25) is 6.43 Å². The molecule has 0 aliphatic heterocycles. The smallest absolute Gasteiger partial charge is 0.210 e. The average Bonchev–Trinajstić information content (AvgIpc) is 2.00. The summed E-state index contributed by atoms with van der Waals surface area (Å²) in [5.41, 5.74) is 1.60. The van der Waals surface area contributed by atoms with Crippen molar-refractivity contribution in [3.8, 4) is 0 Å². The van der Waals surface area contributed by atoms with Crippen molar-refractivity contribution in [3.05, 3.63) is 36.0 Å². The number of hydrogen-bond donors (Lipinski definition) is 0. The Morgan fingerprint density at radius 1 is 1.36 bits per heavy atom. The van der Waals surface area contributed by atoms with E-state index in [-0.39, 0.29) is 6.42 Å². The lowest BCUT2D eigenvalue weighted by Gasteiger charge is -2.02. The van der Waals surface area contributed by atoms with Crippen LogP contribution in [0.3, 0.4) is 0 Å². The van der Waals surface area contributed by atoms with Crippen LogP contribution in [-0.2, 0) is 0 Å². The van der Waals surface area contributed by atoms with Gasteiger partial charge in [0, 0.05) is 6.42 Å². The zero-order valence-electron chi connectivity index (χ0n) is 9.06. The topological polar surface area (TPSA) is 0 Å². The number of hydrogen-bond acceptors (Lipinski definition) is 0. The highest BCUT2D eigenvalue weighted by atomic mass is 19.3. The largest absolute Gasteiger partial charge is 0.242 e. The number of allylic oxidation sites excluding steroid dienone is 5. The molecule has 0 nitrogen and oxygen atoms in total. The van der Waals surface area contributed by atoms with E-state index in [1.54, 1.807) is 19.1 Å². The maximum absolute atomic E-state index is 12.0. The number of halogens is 2. The first-order chi connectivity index (χ1) is 6.45. The van der Waals surface area contributed by atoms with Crippen molar-refractivity contribution in [1.29, 1.82) is 0 Å². The summed E-state index contributed by atoms with van der Waals surface area (Å²) in [5.74, 6) is 0.401. The number of rotatable bonds is 5. The SMILES string of the molecule is C=CC(/C=C(/C)CC(F)F)=C\C(C)C. The fraction of sp³-hybridized carbons (Fsp3) is 0.500. The third-order valence-electron chi connectivity index (χ3n) is 1.65. The summed E-state index contributed by atoms with van der Waals surface area (Å²) in [6.07, 6.45) is 3.02. The Labute approximate surface area is 85.0 Å². The Morgan fingerprint density at radius 2 is 1.93 bits per heavy atom. The molecule has 0 fully saturated rings. The van der Waals surface area contributed by atoms with Crippen molar-refractivity contribution in [2.75, 3.05) is 0 Å². The standard InChI is InChI=1S/C12H18F2/c1-5-11(6-9(2)3)7-10(4)8-12(13)14/h5-7,9,12H,1,8H2,2-4H3/b10-7-,11-6+. The van der Waals surface area contributed by atoms with Gasteiger partial charge in [-0.15, -0.1) is 0 Å². The zero-order chi connectivity index (χ0) is 11.1. The first-order valence-electron chi connectivity index (χ1n) is 4.75.